The Morgan fingerprint density at radius 1 is 1.23 bits per heavy atom. The van der Waals surface area contributed by atoms with Crippen molar-refractivity contribution in [2.45, 2.75) is 0 Å². The molecule has 0 aliphatic rings. The van der Waals surface area contributed by atoms with Crippen molar-refractivity contribution in [1.82, 2.24) is 0 Å². The molecule has 1 rings (SSSR count). The van der Waals surface area contributed by atoms with Crippen molar-refractivity contribution in [2.75, 3.05) is 24.8 Å². The Labute approximate surface area is 76.9 Å². The molecule has 13 heavy (non-hydrogen) atoms. The number of ether oxygens (including phenoxy) is 1. The number of anilines is 2. The van der Waals surface area contributed by atoms with E-state index in [0.717, 1.165) is 5.69 Å². The SMILES string of the molecule is CNc1ccc(NC(=O)OC)cc1. The van der Waals surface area contributed by atoms with E-state index < -0.39 is 6.09 Å². The Hall–Kier alpha value is -1.71. The second-order valence-electron chi connectivity index (χ2n) is 2.44. The highest BCUT2D eigenvalue weighted by Gasteiger charge is 1.98. The fraction of sp³-hybridized carbons (Fsp3) is 0.222. The largest absolute Gasteiger partial charge is 0.453 e. The van der Waals surface area contributed by atoms with E-state index in [1.807, 2.05) is 19.2 Å². The molecule has 2 N–H and O–H groups in total. The monoisotopic (exact) mass is 180 g/mol. The van der Waals surface area contributed by atoms with Crippen LogP contribution in [0.4, 0.5) is 16.2 Å². The summed E-state index contributed by atoms with van der Waals surface area (Å²) in [4.78, 5) is 10.8. The van der Waals surface area contributed by atoms with E-state index >= 15 is 0 Å². The van der Waals surface area contributed by atoms with Crippen molar-refractivity contribution >= 4 is 17.5 Å². The van der Waals surface area contributed by atoms with Gasteiger partial charge in [0, 0.05) is 18.4 Å². The first kappa shape index (κ1) is 9.38. The predicted molar refractivity (Wildman–Crippen MR) is 52.0 cm³/mol. The molecule has 0 unspecified atom stereocenters. The molecule has 0 radical (unpaired) electrons. The van der Waals surface area contributed by atoms with Crippen LogP contribution in [-0.4, -0.2) is 20.3 Å². The maximum Gasteiger partial charge on any atom is 0.411 e. The molecule has 4 nitrogen and oxygen atoms in total. The molecule has 0 spiro atoms. The summed E-state index contributed by atoms with van der Waals surface area (Å²) >= 11 is 0. The van der Waals surface area contributed by atoms with Crippen LogP contribution in [0.3, 0.4) is 0 Å². The van der Waals surface area contributed by atoms with Crippen molar-refractivity contribution in [3.63, 3.8) is 0 Å². The van der Waals surface area contributed by atoms with Crippen LogP contribution in [0, 0.1) is 0 Å². The summed E-state index contributed by atoms with van der Waals surface area (Å²) in [5.74, 6) is 0. The normalized spacial score (nSPS) is 9.08. The molecule has 4 heteroatoms. The maximum atomic E-state index is 10.8. The number of rotatable bonds is 2. The number of carbonyl (C=O) groups excluding carboxylic acids is 1. The number of nitrogens with one attached hydrogen (secondary N) is 2. The minimum absolute atomic E-state index is 0.461. The third kappa shape index (κ3) is 2.66. The fourth-order valence-electron chi connectivity index (χ4n) is 0.889. The molecule has 0 aliphatic carbocycles. The summed E-state index contributed by atoms with van der Waals surface area (Å²) in [6, 6.07) is 7.32. The van der Waals surface area contributed by atoms with E-state index in [1.54, 1.807) is 12.1 Å². The van der Waals surface area contributed by atoms with Gasteiger partial charge in [0.2, 0.25) is 0 Å². The smallest absolute Gasteiger partial charge is 0.411 e. The standard InChI is InChI=1S/C9H12N2O2/c1-10-7-3-5-8(6-4-7)11-9(12)13-2/h3-6,10H,1-2H3,(H,11,12). The molecule has 0 saturated carbocycles. The van der Waals surface area contributed by atoms with Gasteiger partial charge in [-0.3, -0.25) is 5.32 Å². The van der Waals surface area contributed by atoms with Crippen LogP contribution in [0.2, 0.25) is 0 Å². The predicted octanol–water partition coefficient (Wildman–Crippen LogP) is 1.91. The number of hydrogen-bond acceptors (Lipinski definition) is 3. The third-order valence-electron chi connectivity index (χ3n) is 1.61. The lowest BCUT2D eigenvalue weighted by molar-refractivity contribution is 0.187. The number of benzene rings is 1. The first-order valence-corrected chi connectivity index (χ1v) is 3.89. The highest BCUT2D eigenvalue weighted by Crippen LogP contribution is 2.12. The first-order chi connectivity index (χ1) is 6.26. The number of methoxy groups -OCH3 is 1. The lowest BCUT2D eigenvalue weighted by Gasteiger charge is -2.04. The second-order valence-corrected chi connectivity index (χ2v) is 2.44. The molecule has 0 fully saturated rings. The van der Waals surface area contributed by atoms with Gasteiger partial charge in [-0.1, -0.05) is 0 Å². The van der Waals surface area contributed by atoms with Gasteiger partial charge in [-0.2, -0.15) is 0 Å². The Morgan fingerprint density at radius 3 is 2.23 bits per heavy atom. The molecule has 0 saturated heterocycles. The van der Waals surface area contributed by atoms with Gasteiger partial charge in [0.15, 0.2) is 0 Å². The zero-order valence-electron chi connectivity index (χ0n) is 7.63. The Morgan fingerprint density at radius 2 is 1.77 bits per heavy atom. The van der Waals surface area contributed by atoms with E-state index in [1.165, 1.54) is 7.11 Å². The highest BCUT2D eigenvalue weighted by atomic mass is 16.5. The minimum Gasteiger partial charge on any atom is -0.453 e. The van der Waals surface area contributed by atoms with Crippen LogP contribution in [0.15, 0.2) is 24.3 Å². The Bertz CT molecular complexity index is 282. The summed E-state index contributed by atoms with van der Waals surface area (Å²) in [6.45, 7) is 0. The van der Waals surface area contributed by atoms with E-state index in [-0.39, 0.29) is 0 Å². The average Bonchev–Trinajstić information content (AvgIpc) is 2.19. The molecule has 0 heterocycles. The van der Waals surface area contributed by atoms with Gasteiger partial charge in [0.1, 0.15) is 0 Å². The molecule has 1 aromatic rings. The molecule has 1 aromatic carbocycles. The number of hydrogen-bond donors (Lipinski definition) is 2. The fourth-order valence-corrected chi connectivity index (χ4v) is 0.889. The van der Waals surface area contributed by atoms with Crippen molar-refractivity contribution in [1.29, 1.82) is 0 Å². The molecule has 0 atom stereocenters. The molecule has 70 valence electrons. The van der Waals surface area contributed by atoms with E-state index in [4.69, 9.17) is 0 Å². The Balaban J connectivity index is 2.64. The van der Waals surface area contributed by atoms with Crippen LogP contribution in [0.1, 0.15) is 0 Å². The van der Waals surface area contributed by atoms with Gasteiger partial charge >= 0.3 is 6.09 Å². The Kier molecular flexibility index (Phi) is 3.14. The van der Waals surface area contributed by atoms with Crippen LogP contribution in [0.25, 0.3) is 0 Å². The molecule has 1 amide bonds. The molecule has 0 aromatic heterocycles. The zero-order valence-corrected chi connectivity index (χ0v) is 7.63. The first-order valence-electron chi connectivity index (χ1n) is 3.89. The van der Waals surface area contributed by atoms with Crippen LogP contribution in [0.5, 0.6) is 0 Å². The molecular weight excluding hydrogens is 168 g/mol. The molecule has 0 bridgehead atoms. The molecular formula is C9H12N2O2. The summed E-state index contributed by atoms with van der Waals surface area (Å²) < 4.78 is 4.45. The topological polar surface area (TPSA) is 50.4 Å². The van der Waals surface area contributed by atoms with Gasteiger partial charge in [-0.15, -0.1) is 0 Å². The summed E-state index contributed by atoms with van der Waals surface area (Å²) in [7, 11) is 3.17. The zero-order chi connectivity index (χ0) is 9.68. The third-order valence-corrected chi connectivity index (χ3v) is 1.61. The lowest BCUT2D eigenvalue weighted by atomic mass is 10.3. The average molecular weight is 180 g/mol. The van der Waals surface area contributed by atoms with Gasteiger partial charge in [0.05, 0.1) is 7.11 Å². The van der Waals surface area contributed by atoms with E-state index in [2.05, 4.69) is 15.4 Å². The van der Waals surface area contributed by atoms with Crippen molar-refractivity contribution < 1.29 is 9.53 Å². The minimum atomic E-state index is -0.461. The van der Waals surface area contributed by atoms with E-state index in [9.17, 15) is 4.79 Å². The maximum absolute atomic E-state index is 10.8. The number of carbonyl (C=O) groups is 1. The van der Waals surface area contributed by atoms with Crippen molar-refractivity contribution in [2.24, 2.45) is 0 Å². The number of amides is 1. The van der Waals surface area contributed by atoms with Crippen molar-refractivity contribution in [3.8, 4) is 0 Å². The summed E-state index contributed by atoms with van der Waals surface area (Å²) in [6.07, 6.45) is -0.461. The lowest BCUT2D eigenvalue weighted by Crippen LogP contribution is -2.10. The van der Waals surface area contributed by atoms with Crippen LogP contribution in [-0.2, 0) is 4.74 Å². The summed E-state index contributed by atoms with van der Waals surface area (Å²) in [5.41, 5.74) is 1.71. The van der Waals surface area contributed by atoms with Gasteiger partial charge in [-0.25, -0.2) is 4.79 Å². The van der Waals surface area contributed by atoms with E-state index in [0.29, 0.717) is 5.69 Å². The summed E-state index contributed by atoms with van der Waals surface area (Å²) in [5, 5.41) is 5.53. The van der Waals surface area contributed by atoms with Crippen molar-refractivity contribution in [3.05, 3.63) is 24.3 Å². The van der Waals surface area contributed by atoms with Crippen LogP contribution < -0.4 is 10.6 Å². The quantitative estimate of drug-likeness (QED) is 0.730. The second kappa shape index (κ2) is 4.35. The molecule has 0 aliphatic heterocycles. The highest BCUT2D eigenvalue weighted by molar-refractivity contribution is 5.84. The van der Waals surface area contributed by atoms with Crippen LogP contribution >= 0.6 is 0 Å². The van der Waals surface area contributed by atoms with Gasteiger partial charge < -0.3 is 10.1 Å². The van der Waals surface area contributed by atoms with Gasteiger partial charge in [0.25, 0.3) is 0 Å². The van der Waals surface area contributed by atoms with Gasteiger partial charge in [-0.05, 0) is 24.3 Å².